The third-order valence-corrected chi connectivity index (χ3v) is 8.65. The summed E-state index contributed by atoms with van der Waals surface area (Å²) < 4.78 is 5.45. The van der Waals surface area contributed by atoms with Crippen LogP contribution in [0, 0.1) is 18.8 Å². The Kier molecular flexibility index (Phi) is 8.82. The molecule has 1 heterocycles. The predicted molar refractivity (Wildman–Crippen MR) is 157 cm³/mol. The van der Waals surface area contributed by atoms with Crippen molar-refractivity contribution in [3.8, 4) is 5.75 Å². The van der Waals surface area contributed by atoms with Crippen LogP contribution in [0.3, 0.4) is 0 Å². The van der Waals surface area contributed by atoms with Crippen LogP contribution in [0.2, 0.25) is 0 Å². The molecule has 2 aromatic carbocycles. The zero-order valence-corrected chi connectivity index (χ0v) is 23.2. The molecule has 39 heavy (non-hydrogen) atoms. The van der Waals surface area contributed by atoms with Crippen molar-refractivity contribution in [3.63, 3.8) is 0 Å². The first kappa shape index (κ1) is 27.2. The van der Waals surface area contributed by atoms with E-state index in [1.165, 1.54) is 11.1 Å². The van der Waals surface area contributed by atoms with Gasteiger partial charge in [0.05, 0.1) is 18.9 Å². The molecule has 206 valence electrons. The lowest BCUT2D eigenvalue weighted by molar-refractivity contribution is -0.124. The fourth-order valence-corrected chi connectivity index (χ4v) is 6.30. The number of nitrogens with one attached hydrogen (secondary N) is 1. The van der Waals surface area contributed by atoms with Crippen molar-refractivity contribution in [2.45, 2.75) is 70.3 Å². The summed E-state index contributed by atoms with van der Waals surface area (Å²) in [5.74, 6) is 2.17. The molecular formula is C33H41N3O3. The Balaban J connectivity index is 1.30. The molecule has 0 bridgehead atoms. The first-order valence-electron chi connectivity index (χ1n) is 14.4. The van der Waals surface area contributed by atoms with Crippen LogP contribution in [0.1, 0.15) is 79.7 Å². The molecule has 0 spiro atoms. The molecule has 6 nitrogen and oxygen atoms in total. The lowest BCUT2D eigenvalue weighted by Crippen LogP contribution is -2.41. The highest BCUT2D eigenvalue weighted by atomic mass is 16.5. The first-order chi connectivity index (χ1) is 19.0. The molecule has 0 radical (unpaired) electrons. The second-order valence-corrected chi connectivity index (χ2v) is 11.3. The summed E-state index contributed by atoms with van der Waals surface area (Å²) in [5.41, 5.74) is 5.55. The highest BCUT2D eigenvalue weighted by Crippen LogP contribution is 2.38. The van der Waals surface area contributed by atoms with Crippen molar-refractivity contribution in [1.82, 2.24) is 10.2 Å². The number of hydrogen-bond donors (Lipinski definition) is 2. The van der Waals surface area contributed by atoms with E-state index in [0.717, 1.165) is 67.8 Å². The summed E-state index contributed by atoms with van der Waals surface area (Å²) in [7, 11) is 1.72. The number of aromatic amines is 1. The van der Waals surface area contributed by atoms with E-state index in [9.17, 15) is 9.90 Å². The van der Waals surface area contributed by atoms with Crippen LogP contribution in [-0.2, 0) is 4.79 Å². The third kappa shape index (κ3) is 6.80. The van der Waals surface area contributed by atoms with Crippen LogP contribution in [0.15, 0.2) is 54.7 Å². The molecule has 2 aliphatic carbocycles. The SMILES string of the molecule is COc1ccc(C2CCC(CN(C(=O)C3CCC(O)CC3)c3cccc(C=Cc4ccn[nH]4)c3)CC2)cc1C. The number of aliphatic hydroxyl groups excluding tert-OH is 1. The quantitative estimate of drug-likeness (QED) is 0.339. The fourth-order valence-electron chi connectivity index (χ4n) is 6.30. The molecule has 2 fully saturated rings. The van der Waals surface area contributed by atoms with Gasteiger partial charge in [-0.3, -0.25) is 9.89 Å². The van der Waals surface area contributed by atoms with Crippen molar-refractivity contribution in [1.29, 1.82) is 0 Å². The van der Waals surface area contributed by atoms with Crippen molar-refractivity contribution in [2.24, 2.45) is 11.8 Å². The normalized spacial score (nSPS) is 23.6. The number of anilines is 1. The van der Waals surface area contributed by atoms with E-state index in [1.807, 2.05) is 18.2 Å². The number of H-pyrrole nitrogens is 1. The molecule has 2 saturated carbocycles. The van der Waals surface area contributed by atoms with Gasteiger partial charge in [-0.1, -0.05) is 30.3 Å². The zero-order valence-electron chi connectivity index (χ0n) is 23.2. The van der Waals surface area contributed by atoms with Crippen LogP contribution in [0.25, 0.3) is 12.2 Å². The van der Waals surface area contributed by atoms with Gasteiger partial charge in [0.1, 0.15) is 5.75 Å². The molecule has 3 aromatic rings. The second-order valence-electron chi connectivity index (χ2n) is 11.3. The van der Waals surface area contributed by atoms with Gasteiger partial charge in [-0.15, -0.1) is 0 Å². The number of aliphatic hydroxyl groups is 1. The van der Waals surface area contributed by atoms with E-state index in [-0.39, 0.29) is 17.9 Å². The molecule has 5 rings (SSSR count). The molecule has 2 aliphatic rings. The van der Waals surface area contributed by atoms with Crippen LogP contribution in [0.5, 0.6) is 5.75 Å². The molecule has 0 saturated heterocycles. The standard InChI is InChI=1S/C33H41N3O3/c1-23-20-28(13-17-32(23)39-2)26-9-6-25(7-10-26)22-36(33(38)27-11-15-31(37)16-12-27)30-5-3-4-24(21-30)8-14-29-18-19-34-35-29/h3-5,8,13-14,17-21,25-27,31,37H,6-7,9-12,15-16,22H2,1-2H3,(H,34,35). The maximum atomic E-state index is 13.9. The van der Waals surface area contributed by atoms with Gasteiger partial charge in [-0.2, -0.15) is 5.10 Å². The average molecular weight is 528 g/mol. The number of aromatic nitrogens is 2. The van der Waals surface area contributed by atoms with Crippen molar-refractivity contribution < 1.29 is 14.6 Å². The minimum absolute atomic E-state index is 0.0174. The van der Waals surface area contributed by atoms with E-state index in [0.29, 0.717) is 24.7 Å². The maximum Gasteiger partial charge on any atom is 0.230 e. The van der Waals surface area contributed by atoms with E-state index < -0.39 is 0 Å². The van der Waals surface area contributed by atoms with Gasteiger partial charge in [-0.25, -0.2) is 0 Å². The Bertz CT molecular complexity index is 1250. The molecule has 0 aliphatic heterocycles. The number of benzene rings is 2. The number of methoxy groups -OCH3 is 1. The van der Waals surface area contributed by atoms with Crippen LogP contribution < -0.4 is 9.64 Å². The lowest BCUT2D eigenvalue weighted by atomic mass is 9.78. The topological polar surface area (TPSA) is 78.4 Å². The Labute approximate surface area is 232 Å². The van der Waals surface area contributed by atoms with Gasteiger partial charge >= 0.3 is 0 Å². The molecular weight excluding hydrogens is 486 g/mol. The monoisotopic (exact) mass is 527 g/mol. The van der Waals surface area contributed by atoms with E-state index in [4.69, 9.17) is 4.74 Å². The summed E-state index contributed by atoms with van der Waals surface area (Å²) in [6.45, 7) is 2.86. The molecule has 0 unspecified atom stereocenters. The molecule has 1 aromatic heterocycles. The zero-order chi connectivity index (χ0) is 27.2. The van der Waals surface area contributed by atoms with Crippen LogP contribution >= 0.6 is 0 Å². The Morgan fingerprint density at radius 2 is 1.82 bits per heavy atom. The minimum Gasteiger partial charge on any atom is -0.496 e. The largest absolute Gasteiger partial charge is 0.496 e. The average Bonchev–Trinajstić information content (AvgIpc) is 3.49. The Morgan fingerprint density at radius 3 is 2.51 bits per heavy atom. The number of rotatable bonds is 8. The smallest absolute Gasteiger partial charge is 0.230 e. The number of hydrogen-bond acceptors (Lipinski definition) is 4. The van der Waals surface area contributed by atoms with Crippen molar-refractivity contribution in [3.05, 3.63) is 77.1 Å². The van der Waals surface area contributed by atoms with Gasteiger partial charge in [0.25, 0.3) is 0 Å². The van der Waals surface area contributed by atoms with Gasteiger partial charge in [-0.05, 0) is 117 Å². The summed E-state index contributed by atoms with van der Waals surface area (Å²) in [6.07, 6.45) is 13.0. The van der Waals surface area contributed by atoms with E-state index in [2.05, 4.69) is 64.5 Å². The summed E-state index contributed by atoms with van der Waals surface area (Å²) in [6, 6.07) is 16.8. The van der Waals surface area contributed by atoms with Gasteiger partial charge in [0.15, 0.2) is 0 Å². The van der Waals surface area contributed by atoms with E-state index >= 15 is 0 Å². The van der Waals surface area contributed by atoms with Crippen LogP contribution in [0.4, 0.5) is 5.69 Å². The number of carbonyl (C=O) groups excluding carboxylic acids is 1. The second kappa shape index (κ2) is 12.6. The van der Waals surface area contributed by atoms with Gasteiger partial charge in [0, 0.05) is 24.3 Å². The fraction of sp³-hybridized carbons (Fsp3) is 0.455. The summed E-state index contributed by atoms with van der Waals surface area (Å²) >= 11 is 0. The Morgan fingerprint density at radius 1 is 1.03 bits per heavy atom. The molecule has 2 N–H and O–H groups in total. The molecule has 1 amide bonds. The number of ether oxygens (including phenoxy) is 1. The summed E-state index contributed by atoms with van der Waals surface area (Å²) in [5, 5.41) is 17.0. The predicted octanol–water partition coefficient (Wildman–Crippen LogP) is 6.76. The third-order valence-electron chi connectivity index (χ3n) is 8.65. The summed E-state index contributed by atoms with van der Waals surface area (Å²) in [4.78, 5) is 16.0. The highest BCUT2D eigenvalue weighted by Gasteiger charge is 2.32. The highest BCUT2D eigenvalue weighted by molar-refractivity contribution is 5.95. The molecule has 6 heteroatoms. The molecule has 0 atom stereocenters. The first-order valence-corrected chi connectivity index (χ1v) is 14.4. The van der Waals surface area contributed by atoms with Crippen molar-refractivity contribution in [2.75, 3.05) is 18.6 Å². The Hall–Kier alpha value is -3.38. The number of amides is 1. The van der Waals surface area contributed by atoms with Crippen molar-refractivity contribution >= 4 is 23.7 Å². The number of nitrogens with zero attached hydrogens (tertiary/aromatic N) is 2. The lowest BCUT2D eigenvalue weighted by Gasteiger charge is -2.36. The van der Waals surface area contributed by atoms with Gasteiger partial charge in [0.2, 0.25) is 5.91 Å². The van der Waals surface area contributed by atoms with E-state index in [1.54, 1.807) is 13.3 Å². The maximum absolute atomic E-state index is 13.9. The number of aryl methyl sites for hydroxylation is 1. The van der Waals surface area contributed by atoms with Crippen LogP contribution in [-0.4, -0.2) is 41.0 Å². The minimum atomic E-state index is -0.268. The number of carbonyl (C=O) groups is 1. The van der Waals surface area contributed by atoms with Gasteiger partial charge < -0.3 is 14.7 Å².